The van der Waals surface area contributed by atoms with Gasteiger partial charge in [0, 0.05) is 16.8 Å². The van der Waals surface area contributed by atoms with Gasteiger partial charge in [-0.3, -0.25) is 9.36 Å². The second-order valence-electron chi connectivity index (χ2n) is 6.99. The smallest absolute Gasteiger partial charge is 0.322 e. The molecule has 0 aliphatic heterocycles. The lowest BCUT2D eigenvalue weighted by Crippen LogP contribution is -2.44. The molecule has 2 aromatic carbocycles. The molecule has 1 unspecified atom stereocenters. The zero-order valence-electron chi connectivity index (χ0n) is 15.6. The molecule has 0 saturated carbocycles. The highest BCUT2D eigenvalue weighted by Gasteiger charge is 2.28. The third-order valence-corrected chi connectivity index (χ3v) is 6.11. The van der Waals surface area contributed by atoms with Crippen LogP contribution in [0.4, 0.5) is 0 Å². The Kier molecular flexibility index (Phi) is 4.59. The van der Waals surface area contributed by atoms with Crippen molar-refractivity contribution >= 4 is 37.9 Å². The van der Waals surface area contributed by atoms with Gasteiger partial charge in [-0.05, 0) is 36.2 Å². The van der Waals surface area contributed by atoms with E-state index < -0.39 is 28.0 Å². The normalized spacial score (nSPS) is 13.3. The molecule has 0 bridgehead atoms. The van der Waals surface area contributed by atoms with Gasteiger partial charge in [-0.15, -0.1) is 10.2 Å². The molecule has 2 N–H and O–H groups in total. The Morgan fingerprint density at radius 3 is 2.45 bits per heavy atom. The first kappa shape index (κ1) is 19.1. The topological polar surface area (TPSA) is 127 Å². The Morgan fingerprint density at radius 2 is 1.79 bits per heavy atom. The van der Waals surface area contributed by atoms with Crippen LogP contribution in [0.15, 0.2) is 58.4 Å². The minimum atomic E-state index is -4.02. The standard InChI is InChI=1S/C19H18N4O5S/c1-11(2)18(19(24)25)22-29(26,27)13-4-6-16-15(8-13)14-5-3-12(7-17(14)28-16)23-9-20-21-10-23/h3-11,18,22H,1-2H3,(H,24,25). The Morgan fingerprint density at radius 1 is 1.07 bits per heavy atom. The second-order valence-corrected chi connectivity index (χ2v) is 8.70. The van der Waals surface area contributed by atoms with Gasteiger partial charge in [-0.2, -0.15) is 4.72 Å². The third-order valence-electron chi connectivity index (χ3n) is 4.67. The van der Waals surface area contributed by atoms with Crippen LogP contribution in [0.25, 0.3) is 27.6 Å². The fourth-order valence-electron chi connectivity index (χ4n) is 3.11. The van der Waals surface area contributed by atoms with E-state index >= 15 is 0 Å². The number of nitrogens with zero attached hydrogens (tertiary/aromatic N) is 3. The maximum absolute atomic E-state index is 12.7. The van der Waals surface area contributed by atoms with E-state index in [-0.39, 0.29) is 4.90 Å². The zero-order chi connectivity index (χ0) is 20.8. The number of aliphatic carboxylic acids is 1. The van der Waals surface area contributed by atoms with E-state index in [4.69, 9.17) is 4.42 Å². The summed E-state index contributed by atoms with van der Waals surface area (Å²) < 4.78 is 35.3. The maximum Gasteiger partial charge on any atom is 0.322 e. The summed E-state index contributed by atoms with van der Waals surface area (Å²) in [5.74, 6) is -1.63. The summed E-state index contributed by atoms with van der Waals surface area (Å²) in [5.41, 5.74) is 1.91. The SMILES string of the molecule is CC(C)C(NS(=O)(=O)c1ccc2oc3cc(-n4cnnc4)ccc3c2c1)C(=O)O. The molecule has 0 spiro atoms. The molecule has 9 nitrogen and oxygen atoms in total. The van der Waals surface area contributed by atoms with Crippen molar-refractivity contribution in [3.63, 3.8) is 0 Å². The van der Waals surface area contributed by atoms with E-state index in [0.29, 0.717) is 16.6 Å². The van der Waals surface area contributed by atoms with Gasteiger partial charge in [0.15, 0.2) is 0 Å². The number of hydrogen-bond acceptors (Lipinski definition) is 6. The molecule has 4 rings (SSSR count). The average Bonchev–Trinajstić information content (AvgIpc) is 3.32. The quantitative estimate of drug-likeness (QED) is 0.496. The summed E-state index contributed by atoms with van der Waals surface area (Å²) in [7, 11) is -4.02. The van der Waals surface area contributed by atoms with Crippen molar-refractivity contribution < 1.29 is 22.7 Å². The number of rotatable bonds is 6. The second kappa shape index (κ2) is 6.98. The van der Waals surface area contributed by atoms with E-state index in [0.717, 1.165) is 11.1 Å². The highest BCUT2D eigenvalue weighted by atomic mass is 32.2. The van der Waals surface area contributed by atoms with Gasteiger partial charge in [-0.25, -0.2) is 8.42 Å². The molecule has 0 radical (unpaired) electrons. The number of carboxylic acid groups (broad SMARTS) is 1. The molecule has 1 atom stereocenters. The van der Waals surface area contributed by atoms with Crippen molar-refractivity contribution in [2.75, 3.05) is 0 Å². The van der Waals surface area contributed by atoms with Gasteiger partial charge < -0.3 is 9.52 Å². The predicted molar refractivity (Wildman–Crippen MR) is 105 cm³/mol. The summed E-state index contributed by atoms with van der Waals surface area (Å²) in [4.78, 5) is 11.3. The number of carbonyl (C=O) groups is 1. The van der Waals surface area contributed by atoms with Crippen LogP contribution in [0, 0.1) is 5.92 Å². The van der Waals surface area contributed by atoms with Crippen LogP contribution in [0.1, 0.15) is 13.8 Å². The fourth-order valence-corrected chi connectivity index (χ4v) is 4.48. The van der Waals surface area contributed by atoms with Gasteiger partial charge >= 0.3 is 5.97 Å². The van der Waals surface area contributed by atoms with E-state index in [1.807, 2.05) is 18.2 Å². The molecular formula is C19H18N4O5S. The van der Waals surface area contributed by atoms with Gasteiger partial charge in [0.2, 0.25) is 10.0 Å². The molecule has 0 aliphatic rings. The zero-order valence-corrected chi connectivity index (χ0v) is 16.4. The van der Waals surface area contributed by atoms with Crippen LogP contribution in [0.5, 0.6) is 0 Å². The lowest BCUT2D eigenvalue weighted by atomic mass is 10.1. The van der Waals surface area contributed by atoms with Gasteiger partial charge in [0.25, 0.3) is 0 Å². The summed E-state index contributed by atoms with van der Waals surface area (Å²) in [6.07, 6.45) is 3.13. The van der Waals surface area contributed by atoms with E-state index in [1.54, 1.807) is 37.1 Å². The summed E-state index contributed by atoms with van der Waals surface area (Å²) in [6.45, 7) is 3.28. The van der Waals surface area contributed by atoms with E-state index in [1.165, 1.54) is 12.1 Å². The molecule has 29 heavy (non-hydrogen) atoms. The van der Waals surface area contributed by atoms with Crippen LogP contribution < -0.4 is 4.72 Å². The van der Waals surface area contributed by atoms with E-state index in [2.05, 4.69) is 14.9 Å². The molecule has 0 amide bonds. The fraction of sp³-hybridized carbons (Fsp3) is 0.211. The van der Waals surface area contributed by atoms with Crippen molar-refractivity contribution in [2.45, 2.75) is 24.8 Å². The largest absolute Gasteiger partial charge is 0.480 e. The molecule has 0 fully saturated rings. The molecular weight excluding hydrogens is 396 g/mol. The van der Waals surface area contributed by atoms with Crippen molar-refractivity contribution in [3.8, 4) is 5.69 Å². The van der Waals surface area contributed by atoms with Crippen LogP contribution in [-0.4, -0.2) is 40.3 Å². The minimum Gasteiger partial charge on any atom is -0.480 e. The molecule has 2 heterocycles. The highest BCUT2D eigenvalue weighted by molar-refractivity contribution is 7.89. The van der Waals surface area contributed by atoms with E-state index in [9.17, 15) is 18.3 Å². The molecule has 4 aromatic rings. The number of fused-ring (bicyclic) bond motifs is 3. The third kappa shape index (κ3) is 3.47. The number of furan rings is 1. The molecule has 0 aliphatic carbocycles. The highest BCUT2D eigenvalue weighted by Crippen LogP contribution is 2.32. The summed E-state index contributed by atoms with van der Waals surface area (Å²) in [6, 6.07) is 8.71. The number of sulfonamides is 1. The monoisotopic (exact) mass is 414 g/mol. The van der Waals surface area contributed by atoms with Crippen molar-refractivity contribution in [3.05, 3.63) is 49.1 Å². The van der Waals surface area contributed by atoms with Crippen molar-refractivity contribution in [2.24, 2.45) is 5.92 Å². The molecule has 150 valence electrons. The predicted octanol–water partition coefficient (Wildman–Crippen LogP) is 2.55. The lowest BCUT2D eigenvalue weighted by Gasteiger charge is -2.17. The molecule has 0 saturated heterocycles. The number of nitrogens with one attached hydrogen (secondary N) is 1. The Balaban J connectivity index is 1.77. The summed E-state index contributed by atoms with van der Waals surface area (Å²) >= 11 is 0. The van der Waals surface area contributed by atoms with Gasteiger partial charge in [-0.1, -0.05) is 13.8 Å². The minimum absolute atomic E-state index is 0.0255. The Hall–Kier alpha value is -3.24. The first-order chi connectivity index (χ1) is 13.8. The first-order valence-electron chi connectivity index (χ1n) is 8.83. The molecule has 2 aromatic heterocycles. The molecule has 10 heteroatoms. The van der Waals surface area contributed by atoms with Crippen LogP contribution in [0.3, 0.4) is 0 Å². The van der Waals surface area contributed by atoms with Crippen LogP contribution >= 0.6 is 0 Å². The van der Waals surface area contributed by atoms with Gasteiger partial charge in [0.1, 0.15) is 29.9 Å². The summed E-state index contributed by atoms with van der Waals surface area (Å²) in [5, 5.41) is 18.2. The maximum atomic E-state index is 12.7. The number of carboxylic acids is 1. The number of hydrogen-bond donors (Lipinski definition) is 2. The Bertz CT molecular complexity index is 1310. The van der Waals surface area contributed by atoms with Crippen LogP contribution in [-0.2, 0) is 14.8 Å². The average molecular weight is 414 g/mol. The number of benzene rings is 2. The number of aromatic nitrogens is 3. The van der Waals surface area contributed by atoms with Gasteiger partial charge in [0.05, 0.1) is 10.6 Å². The lowest BCUT2D eigenvalue weighted by molar-refractivity contribution is -0.140. The first-order valence-corrected chi connectivity index (χ1v) is 10.3. The Labute approximate surface area is 166 Å². The van der Waals surface area contributed by atoms with Crippen molar-refractivity contribution in [1.29, 1.82) is 0 Å². The van der Waals surface area contributed by atoms with Crippen molar-refractivity contribution in [1.82, 2.24) is 19.5 Å². The van der Waals surface area contributed by atoms with Crippen LogP contribution in [0.2, 0.25) is 0 Å².